The number of nitrogens with two attached hydrogens (primary N) is 1. The number of phenolic OH excluding ortho intramolecular Hbond substituents is 2. The van der Waals surface area contributed by atoms with Gasteiger partial charge in [-0.1, -0.05) is 6.07 Å². The normalized spacial score (nSPS) is 12.0. The van der Waals surface area contributed by atoms with E-state index in [1.807, 2.05) is 6.07 Å². The van der Waals surface area contributed by atoms with Crippen LogP contribution in [0, 0.1) is 11.3 Å². The SMILES string of the molecule is N#CCC(N)c1c(O)cccc1O. The molecule has 0 fully saturated rings. The minimum Gasteiger partial charge on any atom is -0.507 e. The van der Waals surface area contributed by atoms with Crippen molar-refractivity contribution in [3.05, 3.63) is 23.8 Å². The van der Waals surface area contributed by atoms with E-state index < -0.39 is 6.04 Å². The fraction of sp³-hybridized carbons (Fsp3) is 0.222. The van der Waals surface area contributed by atoms with E-state index in [1.165, 1.54) is 18.2 Å². The molecule has 0 saturated heterocycles. The number of aromatic hydroxyl groups is 2. The van der Waals surface area contributed by atoms with Crippen molar-refractivity contribution in [2.45, 2.75) is 12.5 Å². The van der Waals surface area contributed by atoms with Gasteiger partial charge >= 0.3 is 0 Å². The average Bonchev–Trinajstić information content (AvgIpc) is 2.04. The highest BCUT2D eigenvalue weighted by Crippen LogP contribution is 2.32. The van der Waals surface area contributed by atoms with Crippen LogP contribution in [0.4, 0.5) is 0 Å². The van der Waals surface area contributed by atoms with Crippen LogP contribution in [0.3, 0.4) is 0 Å². The fourth-order valence-electron chi connectivity index (χ4n) is 1.12. The quantitative estimate of drug-likeness (QED) is 0.630. The first-order chi connectivity index (χ1) is 6.16. The monoisotopic (exact) mass is 178 g/mol. The van der Waals surface area contributed by atoms with Gasteiger partial charge in [-0.15, -0.1) is 0 Å². The van der Waals surface area contributed by atoms with Gasteiger partial charge in [-0.05, 0) is 12.1 Å². The fourth-order valence-corrected chi connectivity index (χ4v) is 1.12. The van der Waals surface area contributed by atoms with E-state index in [0.717, 1.165) is 0 Å². The van der Waals surface area contributed by atoms with Crippen molar-refractivity contribution in [3.8, 4) is 17.6 Å². The van der Waals surface area contributed by atoms with Crippen molar-refractivity contribution in [3.63, 3.8) is 0 Å². The Morgan fingerprint density at radius 1 is 1.38 bits per heavy atom. The Bertz CT molecular complexity index is 324. The van der Waals surface area contributed by atoms with E-state index in [9.17, 15) is 10.2 Å². The van der Waals surface area contributed by atoms with Crippen LogP contribution in [0.2, 0.25) is 0 Å². The topological polar surface area (TPSA) is 90.3 Å². The van der Waals surface area contributed by atoms with E-state index in [-0.39, 0.29) is 23.5 Å². The summed E-state index contributed by atoms with van der Waals surface area (Å²) in [5.41, 5.74) is 5.79. The molecule has 1 aromatic carbocycles. The smallest absolute Gasteiger partial charge is 0.124 e. The van der Waals surface area contributed by atoms with Gasteiger partial charge in [0.25, 0.3) is 0 Å². The second kappa shape index (κ2) is 3.78. The van der Waals surface area contributed by atoms with Gasteiger partial charge in [-0.2, -0.15) is 5.26 Å². The lowest BCUT2D eigenvalue weighted by Gasteiger charge is -2.11. The van der Waals surface area contributed by atoms with E-state index in [0.29, 0.717) is 0 Å². The predicted octanol–water partition coefficient (Wildman–Crippen LogP) is 1.01. The van der Waals surface area contributed by atoms with E-state index in [4.69, 9.17) is 11.0 Å². The van der Waals surface area contributed by atoms with Gasteiger partial charge in [0.1, 0.15) is 11.5 Å². The lowest BCUT2D eigenvalue weighted by molar-refractivity contribution is 0.429. The maximum atomic E-state index is 9.34. The van der Waals surface area contributed by atoms with E-state index >= 15 is 0 Å². The van der Waals surface area contributed by atoms with Crippen LogP contribution in [0.5, 0.6) is 11.5 Å². The second-order valence-corrected chi connectivity index (χ2v) is 2.68. The third kappa shape index (κ3) is 1.89. The Morgan fingerprint density at radius 3 is 2.38 bits per heavy atom. The summed E-state index contributed by atoms with van der Waals surface area (Å²) >= 11 is 0. The molecule has 1 rings (SSSR count). The van der Waals surface area contributed by atoms with Crippen LogP contribution in [0.15, 0.2) is 18.2 Å². The van der Waals surface area contributed by atoms with Gasteiger partial charge in [0, 0.05) is 0 Å². The Balaban J connectivity index is 3.06. The number of hydrogen-bond acceptors (Lipinski definition) is 4. The highest BCUT2D eigenvalue weighted by atomic mass is 16.3. The molecule has 0 heterocycles. The minimum absolute atomic E-state index is 0.0606. The van der Waals surface area contributed by atoms with Gasteiger partial charge in [0.15, 0.2) is 0 Å². The second-order valence-electron chi connectivity index (χ2n) is 2.68. The molecule has 1 atom stereocenters. The first-order valence-electron chi connectivity index (χ1n) is 3.80. The molecule has 4 nitrogen and oxygen atoms in total. The van der Waals surface area contributed by atoms with Gasteiger partial charge in [0.2, 0.25) is 0 Å². The van der Waals surface area contributed by atoms with Crippen molar-refractivity contribution in [2.75, 3.05) is 0 Å². The first kappa shape index (κ1) is 9.36. The first-order valence-corrected chi connectivity index (χ1v) is 3.80. The van der Waals surface area contributed by atoms with Crippen molar-refractivity contribution < 1.29 is 10.2 Å². The maximum absolute atomic E-state index is 9.34. The molecule has 4 N–H and O–H groups in total. The van der Waals surface area contributed by atoms with Crippen molar-refractivity contribution in [2.24, 2.45) is 5.73 Å². The summed E-state index contributed by atoms with van der Waals surface area (Å²) in [5.74, 6) is -0.162. The highest BCUT2D eigenvalue weighted by Gasteiger charge is 2.14. The van der Waals surface area contributed by atoms with Gasteiger partial charge in [0.05, 0.1) is 24.1 Å². The molecule has 0 aliphatic carbocycles. The zero-order chi connectivity index (χ0) is 9.84. The Kier molecular flexibility index (Phi) is 2.72. The van der Waals surface area contributed by atoms with Crippen LogP contribution in [-0.2, 0) is 0 Å². The summed E-state index contributed by atoms with van der Waals surface area (Å²) in [7, 11) is 0. The summed E-state index contributed by atoms with van der Waals surface area (Å²) in [4.78, 5) is 0. The van der Waals surface area contributed by atoms with Crippen molar-refractivity contribution in [1.82, 2.24) is 0 Å². The average molecular weight is 178 g/mol. The molecular weight excluding hydrogens is 168 g/mol. The van der Waals surface area contributed by atoms with Gasteiger partial charge in [-0.3, -0.25) is 0 Å². The summed E-state index contributed by atoms with van der Waals surface area (Å²) in [5, 5.41) is 27.1. The molecule has 0 bridgehead atoms. The van der Waals surface area contributed by atoms with Crippen LogP contribution in [0.25, 0.3) is 0 Å². The zero-order valence-electron chi connectivity index (χ0n) is 6.94. The van der Waals surface area contributed by atoms with E-state index in [2.05, 4.69) is 0 Å². The summed E-state index contributed by atoms with van der Waals surface area (Å²) in [6.07, 6.45) is 0.0606. The maximum Gasteiger partial charge on any atom is 0.124 e. The highest BCUT2D eigenvalue weighted by molar-refractivity contribution is 5.45. The number of nitrogens with zero attached hydrogens (tertiary/aromatic N) is 1. The van der Waals surface area contributed by atoms with Crippen LogP contribution in [-0.4, -0.2) is 10.2 Å². The third-order valence-corrected chi connectivity index (χ3v) is 1.74. The molecule has 13 heavy (non-hydrogen) atoms. The van der Waals surface area contributed by atoms with Crippen LogP contribution < -0.4 is 5.73 Å². The molecule has 0 aliphatic rings. The predicted molar refractivity (Wildman–Crippen MR) is 46.9 cm³/mol. The van der Waals surface area contributed by atoms with Gasteiger partial charge < -0.3 is 15.9 Å². The largest absolute Gasteiger partial charge is 0.507 e. The number of nitriles is 1. The molecule has 0 aliphatic heterocycles. The lowest BCUT2D eigenvalue weighted by atomic mass is 10.0. The third-order valence-electron chi connectivity index (χ3n) is 1.74. The number of phenols is 2. The Labute approximate surface area is 75.8 Å². The van der Waals surface area contributed by atoms with Crippen LogP contribution in [0.1, 0.15) is 18.0 Å². The molecule has 0 radical (unpaired) electrons. The number of hydrogen-bond donors (Lipinski definition) is 3. The standard InChI is InChI=1S/C9H10N2O2/c10-5-4-6(11)9-7(12)2-1-3-8(9)13/h1-3,6,12-13H,4,11H2. The molecule has 1 aromatic rings. The lowest BCUT2D eigenvalue weighted by Crippen LogP contribution is -2.09. The molecule has 0 amide bonds. The van der Waals surface area contributed by atoms with E-state index in [1.54, 1.807) is 0 Å². The minimum atomic E-state index is -0.647. The Morgan fingerprint density at radius 2 is 1.92 bits per heavy atom. The van der Waals surface area contributed by atoms with Crippen molar-refractivity contribution >= 4 is 0 Å². The Hall–Kier alpha value is -1.73. The molecule has 0 saturated carbocycles. The van der Waals surface area contributed by atoms with Crippen LogP contribution >= 0.6 is 0 Å². The summed E-state index contributed by atoms with van der Waals surface area (Å²) in [6.45, 7) is 0. The molecule has 0 spiro atoms. The number of benzene rings is 1. The van der Waals surface area contributed by atoms with Gasteiger partial charge in [-0.25, -0.2) is 0 Å². The molecule has 0 aromatic heterocycles. The summed E-state index contributed by atoms with van der Waals surface area (Å²) in [6, 6.07) is 5.58. The summed E-state index contributed by atoms with van der Waals surface area (Å²) < 4.78 is 0. The molecule has 68 valence electrons. The molecular formula is C9H10N2O2. The molecule has 1 unspecified atom stereocenters. The molecule has 4 heteroatoms. The number of rotatable bonds is 2. The zero-order valence-corrected chi connectivity index (χ0v) is 6.94. The van der Waals surface area contributed by atoms with Crippen molar-refractivity contribution in [1.29, 1.82) is 5.26 Å².